The number of nitrogens with one attached hydrogen (secondary N) is 1. The van der Waals surface area contributed by atoms with Gasteiger partial charge in [0.05, 0.1) is 5.52 Å². The molecule has 1 N–H and O–H groups in total. The molecule has 4 rings (SSSR count). The fraction of sp³-hybridized carbons (Fsp3) is 0.348. The smallest absolute Gasteiger partial charge is 0.287 e. The first-order valence-corrected chi connectivity index (χ1v) is 10.1. The minimum Gasteiger partial charge on any atom is -0.345 e. The van der Waals surface area contributed by atoms with Gasteiger partial charge in [-0.2, -0.15) is 0 Å². The number of hydrogen-bond donors (Lipinski definition) is 1. The highest BCUT2D eigenvalue weighted by Gasteiger charge is 2.27. The Hall–Kier alpha value is -3.15. The van der Waals surface area contributed by atoms with Crippen molar-refractivity contribution in [1.82, 2.24) is 19.6 Å². The molecule has 0 saturated carbocycles. The molecular weight excluding hydrogens is 364 g/mol. The van der Waals surface area contributed by atoms with Gasteiger partial charge in [0.25, 0.3) is 11.8 Å². The summed E-state index contributed by atoms with van der Waals surface area (Å²) >= 11 is 0. The number of fused-ring (bicyclic) bond motifs is 1. The van der Waals surface area contributed by atoms with Crippen molar-refractivity contribution in [2.75, 3.05) is 13.1 Å². The lowest BCUT2D eigenvalue weighted by Gasteiger charge is -2.30. The lowest BCUT2D eigenvalue weighted by Crippen LogP contribution is -2.39. The standard InChI is InChI=1S/C23H26N4O2/c1-16-8-7-12-26(15-16)23(29)20-19-11-5-6-13-27(19)21(25-20)22(28)24-14-18-10-4-3-9-17(18)2/h3-6,9-11,13,16H,7-8,12,14-15H2,1-2H3,(H,24,28). The van der Waals surface area contributed by atoms with Crippen LogP contribution in [-0.4, -0.2) is 39.2 Å². The largest absolute Gasteiger partial charge is 0.345 e. The molecule has 1 unspecified atom stereocenters. The summed E-state index contributed by atoms with van der Waals surface area (Å²) in [6.07, 6.45) is 3.92. The van der Waals surface area contributed by atoms with Gasteiger partial charge in [-0.25, -0.2) is 4.98 Å². The molecule has 6 heteroatoms. The molecule has 0 aliphatic carbocycles. The molecule has 1 saturated heterocycles. The molecule has 3 heterocycles. The molecule has 3 aromatic rings. The summed E-state index contributed by atoms with van der Waals surface area (Å²) in [7, 11) is 0. The Bertz CT molecular complexity index is 1060. The van der Waals surface area contributed by atoms with Gasteiger partial charge in [-0.3, -0.25) is 14.0 Å². The number of amides is 2. The van der Waals surface area contributed by atoms with E-state index in [9.17, 15) is 9.59 Å². The van der Waals surface area contributed by atoms with E-state index in [2.05, 4.69) is 17.2 Å². The van der Waals surface area contributed by atoms with Crippen molar-refractivity contribution in [3.8, 4) is 0 Å². The molecule has 0 bridgehead atoms. The number of carbonyl (C=O) groups is 2. The second kappa shape index (κ2) is 8.07. The topological polar surface area (TPSA) is 66.7 Å². The van der Waals surface area contributed by atoms with Crippen LogP contribution in [-0.2, 0) is 6.54 Å². The van der Waals surface area contributed by atoms with E-state index in [4.69, 9.17) is 0 Å². The molecule has 2 aromatic heterocycles. The van der Waals surface area contributed by atoms with E-state index >= 15 is 0 Å². The van der Waals surface area contributed by atoms with E-state index in [0.29, 0.717) is 23.7 Å². The molecule has 1 aliphatic heterocycles. The first-order valence-electron chi connectivity index (χ1n) is 10.1. The van der Waals surface area contributed by atoms with Crippen LogP contribution in [0.15, 0.2) is 48.7 Å². The average Bonchev–Trinajstić information content (AvgIpc) is 3.12. The van der Waals surface area contributed by atoms with Crippen LogP contribution in [0.25, 0.3) is 5.52 Å². The number of nitrogens with zero attached hydrogens (tertiary/aromatic N) is 3. The van der Waals surface area contributed by atoms with E-state index in [1.807, 2.05) is 54.3 Å². The number of pyridine rings is 1. The maximum atomic E-state index is 13.1. The van der Waals surface area contributed by atoms with Gasteiger partial charge < -0.3 is 10.2 Å². The molecule has 0 radical (unpaired) electrons. The van der Waals surface area contributed by atoms with Crippen LogP contribution in [0, 0.1) is 12.8 Å². The molecule has 1 aromatic carbocycles. The molecular formula is C23H26N4O2. The number of hydrogen-bond acceptors (Lipinski definition) is 3. The number of benzene rings is 1. The van der Waals surface area contributed by atoms with E-state index < -0.39 is 0 Å². The number of aromatic nitrogens is 2. The van der Waals surface area contributed by atoms with E-state index in [0.717, 1.165) is 37.1 Å². The first kappa shape index (κ1) is 19.2. The Morgan fingerprint density at radius 1 is 1.17 bits per heavy atom. The van der Waals surface area contributed by atoms with Gasteiger partial charge in [0.2, 0.25) is 5.82 Å². The molecule has 0 spiro atoms. The zero-order valence-corrected chi connectivity index (χ0v) is 16.9. The van der Waals surface area contributed by atoms with Gasteiger partial charge in [0, 0.05) is 25.8 Å². The third kappa shape index (κ3) is 3.88. The molecule has 6 nitrogen and oxygen atoms in total. The molecule has 1 aliphatic rings. The van der Waals surface area contributed by atoms with Gasteiger partial charge in [0.15, 0.2) is 5.69 Å². The van der Waals surface area contributed by atoms with Crippen LogP contribution in [0.3, 0.4) is 0 Å². The van der Waals surface area contributed by atoms with Crippen LogP contribution >= 0.6 is 0 Å². The van der Waals surface area contributed by atoms with Crippen molar-refractivity contribution in [3.63, 3.8) is 0 Å². The number of aryl methyl sites for hydroxylation is 1. The summed E-state index contributed by atoms with van der Waals surface area (Å²) in [5, 5.41) is 2.94. The minimum atomic E-state index is -0.291. The van der Waals surface area contributed by atoms with Crippen molar-refractivity contribution < 1.29 is 9.59 Å². The lowest BCUT2D eigenvalue weighted by atomic mass is 10.00. The predicted molar refractivity (Wildman–Crippen MR) is 112 cm³/mol. The first-order chi connectivity index (χ1) is 14.0. The van der Waals surface area contributed by atoms with Crippen molar-refractivity contribution in [3.05, 3.63) is 71.3 Å². The van der Waals surface area contributed by atoms with Crippen LogP contribution in [0.2, 0.25) is 0 Å². The summed E-state index contributed by atoms with van der Waals surface area (Å²) < 4.78 is 1.70. The highest BCUT2D eigenvalue weighted by atomic mass is 16.2. The highest BCUT2D eigenvalue weighted by Crippen LogP contribution is 2.21. The van der Waals surface area contributed by atoms with Crippen LogP contribution in [0.4, 0.5) is 0 Å². The monoisotopic (exact) mass is 390 g/mol. The maximum Gasteiger partial charge on any atom is 0.287 e. The summed E-state index contributed by atoms with van der Waals surface area (Å²) in [4.78, 5) is 32.4. The average molecular weight is 390 g/mol. The molecule has 29 heavy (non-hydrogen) atoms. The van der Waals surface area contributed by atoms with E-state index in [1.165, 1.54) is 0 Å². The normalized spacial score (nSPS) is 16.8. The Kier molecular flexibility index (Phi) is 5.34. The minimum absolute atomic E-state index is 0.0989. The predicted octanol–water partition coefficient (Wildman–Crippen LogP) is 3.44. The molecule has 1 atom stereocenters. The molecule has 2 amide bonds. The lowest BCUT2D eigenvalue weighted by molar-refractivity contribution is 0.0679. The van der Waals surface area contributed by atoms with Gasteiger partial charge >= 0.3 is 0 Å². The Morgan fingerprint density at radius 2 is 1.97 bits per heavy atom. The van der Waals surface area contributed by atoms with Gasteiger partial charge in [-0.05, 0) is 48.9 Å². The van der Waals surface area contributed by atoms with Crippen molar-refractivity contribution in [2.45, 2.75) is 33.2 Å². The fourth-order valence-electron chi connectivity index (χ4n) is 3.94. The van der Waals surface area contributed by atoms with Crippen LogP contribution in [0.5, 0.6) is 0 Å². The van der Waals surface area contributed by atoms with E-state index in [1.54, 1.807) is 10.6 Å². The van der Waals surface area contributed by atoms with Gasteiger partial charge in [-0.15, -0.1) is 0 Å². The van der Waals surface area contributed by atoms with Crippen molar-refractivity contribution in [1.29, 1.82) is 0 Å². The van der Waals surface area contributed by atoms with Crippen molar-refractivity contribution in [2.24, 2.45) is 5.92 Å². The Balaban J connectivity index is 1.61. The quantitative estimate of drug-likeness (QED) is 0.742. The van der Waals surface area contributed by atoms with Gasteiger partial charge in [-0.1, -0.05) is 37.3 Å². The third-order valence-corrected chi connectivity index (χ3v) is 5.60. The van der Waals surface area contributed by atoms with Crippen molar-refractivity contribution >= 4 is 17.3 Å². The second-order valence-corrected chi connectivity index (χ2v) is 7.85. The maximum absolute atomic E-state index is 13.1. The summed E-state index contributed by atoms with van der Waals surface area (Å²) in [5.41, 5.74) is 3.19. The van der Waals surface area contributed by atoms with Crippen LogP contribution in [0.1, 0.15) is 52.0 Å². The zero-order valence-electron chi connectivity index (χ0n) is 16.9. The molecule has 150 valence electrons. The SMILES string of the molecule is Cc1ccccc1CNC(=O)c1nc(C(=O)N2CCCC(C)C2)c2ccccn12. The number of likely N-dealkylation sites (tertiary alicyclic amines) is 1. The number of carbonyl (C=O) groups excluding carboxylic acids is 2. The summed E-state index contributed by atoms with van der Waals surface area (Å²) in [6.45, 7) is 6.07. The fourth-order valence-corrected chi connectivity index (χ4v) is 3.94. The Labute approximate surface area is 170 Å². The Morgan fingerprint density at radius 3 is 2.76 bits per heavy atom. The zero-order chi connectivity index (χ0) is 20.4. The van der Waals surface area contributed by atoms with Gasteiger partial charge in [0.1, 0.15) is 0 Å². The van der Waals surface area contributed by atoms with E-state index in [-0.39, 0.29) is 17.6 Å². The third-order valence-electron chi connectivity index (χ3n) is 5.60. The number of imidazole rings is 1. The second-order valence-electron chi connectivity index (χ2n) is 7.85. The summed E-state index contributed by atoms with van der Waals surface area (Å²) in [5.74, 6) is 0.333. The summed E-state index contributed by atoms with van der Waals surface area (Å²) in [6, 6.07) is 13.5. The number of piperidine rings is 1. The highest BCUT2D eigenvalue weighted by molar-refractivity contribution is 6.02. The van der Waals surface area contributed by atoms with Crippen LogP contribution < -0.4 is 5.32 Å². The molecule has 1 fully saturated rings. The number of rotatable bonds is 4.